The fourth-order valence-corrected chi connectivity index (χ4v) is 2.50. The topological polar surface area (TPSA) is 69.2 Å². The fourth-order valence-electron chi connectivity index (χ4n) is 1.75. The lowest BCUT2D eigenvalue weighted by atomic mass is 10.0. The van der Waals surface area contributed by atoms with Crippen molar-refractivity contribution in [2.24, 2.45) is 0 Å². The molecule has 0 unspecified atom stereocenters. The van der Waals surface area contributed by atoms with E-state index < -0.39 is 12.0 Å². The first-order valence-electron chi connectivity index (χ1n) is 5.86. The van der Waals surface area contributed by atoms with E-state index in [1.54, 1.807) is 41.8 Å². The lowest BCUT2D eigenvalue weighted by Gasteiger charge is -2.19. The normalized spacial score (nSPS) is 11.8. The van der Waals surface area contributed by atoms with Gasteiger partial charge in [-0.25, -0.2) is 0 Å². The molecule has 1 amide bonds. The number of nitrogens with one attached hydrogen (secondary N) is 1. The van der Waals surface area contributed by atoms with Crippen molar-refractivity contribution in [2.75, 3.05) is 0 Å². The number of rotatable bonds is 5. The Kier molecular flexibility index (Phi) is 4.76. The standard InChI is InChI=1S/C14H12ClNO3S/c15-10-5-3-9(4-6-10)11(8-13(17)18)16-14(19)12-2-1-7-20-12/h1-7,11H,8H2,(H,16,19)(H,17,18)/p-1/t11-/m0/s1. The van der Waals surface area contributed by atoms with Gasteiger partial charge in [-0.2, -0.15) is 0 Å². The second-order valence-electron chi connectivity index (χ2n) is 4.13. The fraction of sp³-hybridized carbons (Fsp3) is 0.143. The molecule has 0 radical (unpaired) electrons. The summed E-state index contributed by atoms with van der Waals surface area (Å²) in [4.78, 5) is 23.4. The minimum absolute atomic E-state index is 0.293. The molecule has 0 aliphatic rings. The molecule has 2 aromatic rings. The SMILES string of the molecule is O=C([O-])C[C@H](NC(=O)c1cccs1)c1ccc(Cl)cc1. The molecule has 0 saturated heterocycles. The first-order valence-corrected chi connectivity index (χ1v) is 7.11. The molecule has 1 atom stereocenters. The van der Waals surface area contributed by atoms with Crippen LogP contribution in [0.2, 0.25) is 5.02 Å². The summed E-state index contributed by atoms with van der Waals surface area (Å²) in [7, 11) is 0. The van der Waals surface area contributed by atoms with Gasteiger partial charge in [-0.3, -0.25) is 4.79 Å². The van der Waals surface area contributed by atoms with Crippen molar-refractivity contribution < 1.29 is 14.7 Å². The molecule has 6 heteroatoms. The van der Waals surface area contributed by atoms with Gasteiger partial charge in [0.2, 0.25) is 0 Å². The Hall–Kier alpha value is -1.85. The molecule has 1 heterocycles. The highest BCUT2D eigenvalue weighted by atomic mass is 35.5. The van der Waals surface area contributed by atoms with Crippen LogP contribution in [0.25, 0.3) is 0 Å². The molecule has 0 saturated carbocycles. The smallest absolute Gasteiger partial charge is 0.261 e. The molecule has 4 nitrogen and oxygen atoms in total. The van der Waals surface area contributed by atoms with Crippen LogP contribution in [0.4, 0.5) is 0 Å². The van der Waals surface area contributed by atoms with Gasteiger partial charge < -0.3 is 15.2 Å². The van der Waals surface area contributed by atoms with Gasteiger partial charge in [0, 0.05) is 17.4 Å². The van der Waals surface area contributed by atoms with Crippen molar-refractivity contribution in [3.63, 3.8) is 0 Å². The van der Waals surface area contributed by atoms with E-state index >= 15 is 0 Å². The highest BCUT2D eigenvalue weighted by Gasteiger charge is 2.16. The molecule has 0 fully saturated rings. The predicted octanol–water partition coefficient (Wildman–Crippen LogP) is 2.01. The summed E-state index contributed by atoms with van der Waals surface area (Å²) in [6.45, 7) is 0. The number of thiophene rings is 1. The van der Waals surface area contributed by atoms with Gasteiger partial charge in [-0.05, 0) is 29.1 Å². The number of carbonyl (C=O) groups is 2. The van der Waals surface area contributed by atoms with Gasteiger partial charge in [0.15, 0.2) is 0 Å². The first kappa shape index (κ1) is 14.6. The number of carbonyl (C=O) groups excluding carboxylic acids is 2. The van der Waals surface area contributed by atoms with E-state index in [2.05, 4.69) is 5.32 Å². The van der Waals surface area contributed by atoms with Crippen molar-refractivity contribution >= 4 is 34.8 Å². The van der Waals surface area contributed by atoms with E-state index in [1.165, 1.54) is 11.3 Å². The molecule has 1 N–H and O–H groups in total. The third kappa shape index (κ3) is 3.82. The highest BCUT2D eigenvalue weighted by Crippen LogP contribution is 2.20. The maximum Gasteiger partial charge on any atom is 0.261 e. The molecule has 20 heavy (non-hydrogen) atoms. The Labute approximate surface area is 125 Å². The van der Waals surface area contributed by atoms with Crippen molar-refractivity contribution in [3.8, 4) is 0 Å². The number of hydrogen-bond donors (Lipinski definition) is 1. The van der Waals surface area contributed by atoms with Gasteiger partial charge in [-0.1, -0.05) is 29.8 Å². The van der Waals surface area contributed by atoms with E-state index in [1.807, 2.05) is 0 Å². The highest BCUT2D eigenvalue weighted by molar-refractivity contribution is 7.12. The van der Waals surface area contributed by atoms with Crippen molar-refractivity contribution in [2.45, 2.75) is 12.5 Å². The summed E-state index contributed by atoms with van der Waals surface area (Å²) in [6, 6.07) is 9.46. The van der Waals surface area contributed by atoms with E-state index in [4.69, 9.17) is 11.6 Å². The Morgan fingerprint density at radius 1 is 1.25 bits per heavy atom. The molecule has 2 rings (SSSR count). The van der Waals surface area contributed by atoms with Gasteiger partial charge in [0.05, 0.1) is 10.9 Å². The maximum absolute atomic E-state index is 12.0. The number of hydrogen-bond acceptors (Lipinski definition) is 4. The quantitative estimate of drug-likeness (QED) is 0.918. The second-order valence-corrected chi connectivity index (χ2v) is 5.52. The first-order chi connectivity index (χ1) is 9.56. The third-order valence-corrected chi connectivity index (χ3v) is 3.81. The van der Waals surface area contributed by atoms with Gasteiger partial charge in [-0.15, -0.1) is 11.3 Å². The average Bonchev–Trinajstić information content (AvgIpc) is 2.92. The number of amides is 1. The van der Waals surface area contributed by atoms with Crippen molar-refractivity contribution in [1.82, 2.24) is 5.32 Å². The molecule has 1 aromatic heterocycles. The average molecular weight is 309 g/mol. The van der Waals surface area contributed by atoms with Gasteiger partial charge in [0.25, 0.3) is 5.91 Å². The van der Waals surface area contributed by atoms with Crippen LogP contribution < -0.4 is 10.4 Å². The van der Waals surface area contributed by atoms with Gasteiger partial charge in [0.1, 0.15) is 0 Å². The summed E-state index contributed by atoms with van der Waals surface area (Å²) in [5.41, 5.74) is 0.670. The molecular weight excluding hydrogens is 298 g/mol. The zero-order valence-corrected chi connectivity index (χ0v) is 11.9. The van der Waals surface area contributed by atoms with Gasteiger partial charge >= 0.3 is 0 Å². The van der Waals surface area contributed by atoms with Crippen LogP contribution in [0, 0.1) is 0 Å². The number of halogens is 1. The monoisotopic (exact) mass is 308 g/mol. The van der Waals surface area contributed by atoms with E-state index in [-0.39, 0.29) is 12.3 Å². The molecule has 0 aliphatic carbocycles. The van der Waals surface area contributed by atoms with E-state index in [9.17, 15) is 14.7 Å². The van der Waals surface area contributed by atoms with Crippen LogP contribution in [-0.4, -0.2) is 11.9 Å². The second kappa shape index (κ2) is 6.54. The summed E-state index contributed by atoms with van der Waals surface area (Å²) in [6.07, 6.45) is -0.293. The molecular formula is C14H11ClNO3S-. The lowest BCUT2D eigenvalue weighted by Crippen LogP contribution is -2.33. The molecule has 1 aromatic carbocycles. The number of carboxylic acid groups (broad SMARTS) is 1. The molecule has 0 aliphatic heterocycles. The zero-order chi connectivity index (χ0) is 14.5. The summed E-state index contributed by atoms with van der Waals surface area (Å²) < 4.78 is 0. The van der Waals surface area contributed by atoms with E-state index in [0.717, 1.165) is 0 Å². The third-order valence-electron chi connectivity index (χ3n) is 2.69. The number of carboxylic acids is 1. The van der Waals surface area contributed by atoms with Crippen LogP contribution >= 0.6 is 22.9 Å². The van der Waals surface area contributed by atoms with Crippen molar-refractivity contribution in [1.29, 1.82) is 0 Å². The Balaban J connectivity index is 2.17. The van der Waals surface area contributed by atoms with Crippen LogP contribution in [0.1, 0.15) is 27.7 Å². The summed E-state index contributed by atoms with van der Waals surface area (Å²) >= 11 is 7.09. The zero-order valence-electron chi connectivity index (χ0n) is 10.3. The molecule has 104 valence electrons. The molecule has 0 bridgehead atoms. The van der Waals surface area contributed by atoms with Crippen molar-refractivity contribution in [3.05, 3.63) is 57.2 Å². The lowest BCUT2D eigenvalue weighted by molar-refractivity contribution is -0.306. The minimum Gasteiger partial charge on any atom is -0.550 e. The Bertz CT molecular complexity index is 595. The van der Waals surface area contributed by atoms with Crippen LogP contribution in [0.3, 0.4) is 0 Å². The largest absolute Gasteiger partial charge is 0.550 e. The van der Waals surface area contributed by atoms with Crippen LogP contribution in [-0.2, 0) is 4.79 Å². The Morgan fingerprint density at radius 3 is 2.50 bits per heavy atom. The summed E-state index contributed by atoms with van der Waals surface area (Å²) in [5, 5.41) is 15.9. The summed E-state index contributed by atoms with van der Waals surface area (Å²) in [5.74, 6) is -1.53. The maximum atomic E-state index is 12.0. The van der Waals surface area contributed by atoms with Crippen LogP contribution in [0.5, 0.6) is 0 Å². The number of benzene rings is 1. The molecule has 0 spiro atoms. The Morgan fingerprint density at radius 2 is 1.95 bits per heavy atom. The van der Waals surface area contributed by atoms with E-state index in [0.29, 0.717) is 15.5 Å². The predicted molar refractivity (Wildman–Crippen MR) is 75.6 cm³/mol. The minimum atomic E-state index is -1.23. The van der Waals surface area contributed by atoms with Crippen LogP contribution in [0.15, 0.2) is 41.8 Å². The number of aliphatic carboxylic acids is 1.